The summed E-state index contributed by atoms with van der Waals surface area (Å²) in [6.45, 7) is 4.58. The van der Waals surface area contributed by atoms with Crippen LogP contribution in [-0.2, 0) is 14.3 Å². The minimum atomic E-state index is -0.392. The molecule has 1 rings (SSSR count). The quantitative estimate of drug-likeness (QED) is 0.554. The van der Waals surface area contributed by atoms with Gasteiger partial charge in [-0.15, -0.1) is 0 Å². The third-order valence-corrected chi connectivity index (χ3v) is 1.75. The molecule has 1 fully saturated rings. The Kier molecular flexibility index (Phi) is 4.21. The first-order chi connectivity index (χ1) is 5.86. The Balaban J connectivity index is 2.10. The third kappa shape index (κ3) is 2.89. The van der Waals surface area contributed by atoms with E-state index in [9.17, 15) is 4.79 Å². The normalized spacial score (nSPS) is 20.1. The van der Waals surface area contributed by atoms with Crippen molar-refractivity contribution in [2.24, 2.45) is 0 Å². The molecule has 0 aromatic heterocycles. The summed E-state index contributed by atoms with van der Waals surface area (Å²) in [4.78, 5) is 10.5. The van der Waals surface area contributed by atoms with Crippen molar-refractivity contribution >= 4 is 6.29 Å². The zero-order chi connectivity index (χ0) is 8.81. The van der Waals surface area contributed by atoms with Gasteiger partial charge in [0.25, 0.3) is 0 Å². The lowest BCUT2D eigenvalue weighted by Crippen LogP contribution is -2.50. The van der Waals surface area contributed by atoms with Gasteiger partial charge >= 0.3 is 0 Å². The topological polar surface area (TPSA) is 47.6 Å². The largest absolute Gasteiger partial charge is 0.379 e. The second-order valence-corrected chi connectivity index (χ2v) is 2.75. The van der Waals surface area contributed by atoms with Crippen LogP contribution in [0.2, 0.25) is 0 Å². The Morgan fingerprint density at radius 1 is 1.67 bits per heavy atom. The number of hydrogen-bond donors (Lipinski definition) is 1. The molecule has 4 nitrogen and oxygen atoms in total. The first kappa shape index (κ1) is 9.64. The summed E-state index contributed by atoms with van der Waals surface area (Å²) in [6.07, 6.45) is 0.603. The summed E-state index contributed by atoms with van der Waals surface area (Å²) in [5, 5.41) is 3.07. The minimum Gasteiger partial charge on any atom is -0.379 e. The molecule has 70 valence electrons. The highest BCUT2D eigenvalue weighted by molar-refractivity contribution is 5.56. The molecule has 0 aromatic carbocycles. The van der Waals surface area contributed by atoms with Crippen LogP contribution in [0.4, 0.5) is 0 Å². The maximum atomic E-state index is 10.5. The van der Waals surface area contributed by atoms with Gasteiger partial charge in [0, 0.05) is 19.7 Å². The van der Waals surface area contributed by atoms with E-state index in [0.717, 1.165) is 19.4 Å². The second-order valence-electron chi connectivity index (χ2n) is 2.75. The van der Waals surface area contributed by atoms with Gasteiger partial charge in [0.2, 0.25) is 0 Å². The van der Waals surface area contributed by atoms with Gasteiger partial charge in [-0.25, -0.2) is 0 Å². The van der Waals surface area contributed by atoms with Crippen molar-refractivity contribution in [3.05, 3.63) is 0 Å². The summed E-state index contributed by atoms with van der Waals surface area (Å²) < 4.78 is 10.5. The number of ether oxygens (including phenoxy) is 2. The van der Waals surface area contributed by atoms with Crippen molar-refractivity contribution in [3.8, 4) is 0 Å². The molecule has 1 aliphatic heterocycles. The molecule has 1 N–H and O–H groups in total. The fourth-order valence-corrected chi connectivity index (χ4v) is 0.950. The molecule has 0 bridgehead atoms. The van der Waals surface area contributed by atoms with Crippen molar-refractivity contribution in [2.75, 3.05) is 26.3 Å². The molecule has 1 heterocycles. The first-order valence-electron chi connectivity index (χ1n) is 4.26. The SMILES string of the molecule is CCOCC(C=O)OC1CNC1. The summed E-state index contributed by atoms with van der Waals surface area (Å²) in [5.74, 6) is 0. The van der Waals surface area contributed by atoms with Crippen molar-refractivity contribution in [2.45, 2.75) is 19.1 Å². The van der Waals surface area contributed by atoms with Crippen LogP contribution in [0.3, 0.4) is 0 Å². The van der Waals surface area contributed by atoms with Crippen LogP contribution in [0.5, 0.6) is 0 Å². The molecule has 0 saturated carbocycles. The van der Waals surface area contributed by atoms with Crippen LogP contribution in [0.1, 0.15) is 6.92 Å². The molecule has 1 atom stereocenters. The summed E-state index contributed by atoms with van der Waals surface area (Å²) in [5.41, 5.74) is 0. The van der Waals surface area contributed by atoms with Gasteiger partial charge < -0.3 is 19.6 Å². The van der Waals surface area contributed by atoms with Crippen LogP contribution < -0.4 is 5.32 Å². The average Bonchev–Trinajstić information content (AvgIpc) is 2.02. The van der Waals surface area contributed by atoms with E-state index in [0.29, 0.717) is 13.2 Å². The Morgan fingerprint density at radius 2 is 2.42 bits per heavy atom. The predicted octanol–water partition coefficient (Wildman–Crippen LogP) is -0.421. The van der Waals surface area contributed by atoms with Gasteiger partial charge in [-0.3, -0.25) is 0 Å². The molecular weight excluding hydrogens is 158 g/mol. The van der Waals surface area contributed by atoms with E-state index in [1.807, 2.05) is 6.92 Å². The van der Waals surface area contributed by atoms with E-state index < -0.39 is 6.10 Å². The average molecular weight is 173 g/mol. The Labute approximate surface area is 72.2 Å². The van der Waals surface area contributed by atoms with E-state index in [1.54, 1.807) is 0 Å². The third-order valence-electron chi connectivity index (χ3n) is 1.75. The smallest absolute Gasteiger partial charge is 0.151 e. The Hall–Kier alpha value is -0.450. The highest BCUT2D eigenvalue weighted by Crippen LogP contribution is 2.02. The molecule has 0 aromatic rings. The Morgan fingerprint density at radius 3 is 2.83 bits per heavy atom. The van der Waals surface area contributed by atoms with Crippen LogP contribution in [-0.4, -0.2) is 44.8 Å². The molecule has 0 amide bonds. The number of rotatable bonds is 6. The molecule has 1 saturated heterocycles. The molecule has 1 unspecified atom stereocenters. The van der Waals surface area contributed by atoms with Gasteiger partial charge in [-0.05, 0) is 6.92 Å². The maximum absolute atomic E-state index is 10.5. The number of carbonyl (C=O) groups excluding carboxylic acids is 1. The highest BCUT2D eigenvalue weighted by Gasteiger charge is 2.21. The van der Waals surface area contributed by atoms with Crippen LogP contribution in [0.15, 0.2) is 0 Å². The molecule has 0 radical (unpaired) electrons. The summed E-state index contributed by atoms with van der Waals surface area (Å²) >= 11 is 0. The number of carbonyl (C=O) groups is 1. The zero-order valence-electron chi connectivity index (χ0n) is 7.29. The maximum Gasteiger partial charge on any atom is 0.151 e. The molecule has 4 heteroatoms. The predicted molar refractivity (Wildman–Crippen MR) is 44.1 cm³/mol. The molecule has 0 aliphatic carbocycles. The van der Waals surface area contributed by atoms with E-state index >= 15 is 0 Å². The second kappa shape index (κ2) is 5.24. The summed E-state index contributed by atoms with van der Waals surface area (Å²) in [7, 11) is 0. The van der Waals surface area contributed by atoms with Gasteiger partial charge in [-0.1, -0.05) is 0 Å². The lowest BCUT2D eigenvalue weighted by atomic mass is 10.2. The summed E-state index contributed by atoms with van der Waals surface area (Å²) in [6, 6.07) is 0. The molecule has 1 aliphatic rings. The van der Waals surface area contributed by atoms with Gasteiger partial charge in [0.05, 0.1) is 12.7 Å². The van der Waals surface area contributed by atoms with Crippen molar-refractivity contribution in [1.82, 2.24) is 5.32 Å². The van der Waals surface area contributed by atoms with Crippen LogP contribution in [0.25, 0.3) is 0 Å². The lowest BCUT2D eigenvalue weighted by Gasteiger charge is -2.29. The fourth-order valence-electron chi connectivity index (χ4n) is 0.950. The van der Waals surface area contributed by atoms with E-state index in [1.165, 1.54) is 0 Å². The zero-order valence-corrected chi connectivity index (χ0v) is 7.29. The first-order valence-corrected chi connectivity index (χ1v) is 4.26. The van der Waals surface area contributed by atoms with Gasteiger partial charge in [0.1, 0.15) is 6.10 Å². The van der Waals surface area contributed by atoms with Crippen molar-refractivity contribution in [1.29, 1.82) is 0 Å². The minimum absolute atomic E-state index is 0.195. The molecule has 0 spiro atoms. The van der Waals surface area contributed by atoms with Crippen LogP contribution >= 0.6 is 0 Å². The monoisotopic (exact) mass is 173 g/mol. The van der Waals surface area contributed by atoms with Crippen LogP contribution in [0, 0.1) is 0 Å². The Bertz CT molecular complexity index is 136. The van der Waals surface area contributed by atoms with E-state index in [-0.39, 0.29) is 6.10 Å². The molecule has 12 heavy (non-hydrogen) atoms. The number of nitrogens with one attached hydrogen (secondary N) is 1. The standard InChI is InChI=1S/C8H15NO3/c1-2-11-6-8(5-10)12-7-3-9-4-7/h5,7-9H,2-4,6H2,1H3. The van der Waals surface area contributed by atoms with Crippen molar-refractivity contribution in [3.63, 3.8) is 0 Å². The molecular formula is C8H15NO3. The van der Waals surface area contributed by atoms with Gasteiger partial charge in [0.15, 0.2) is 6.29 Å². The number of aldehydes is 1. The van der Waals surface area contributed by atoms with E-state index in [2.05, 4.69) is 5.32 Å². The lowest BCUT2D eigenvalue weighted by molar-refractivity contribution is -0.129. The highest BCUT2D eigenvalue weighted by atomic mass is 16.5. The fraction of sp³-hybridized carbons (Fsp3) is 0.875. The van der Waals surface area contributed by atoms with Crippen molar-refractivity contribution < 1.29 is 14.3 Å². The van der Waals surface area contributed by atoms with Gasteiger partial charge in [-0.2, -0.15) is 0 Å². The van der Waals surface area contributed by atoms with E-state index in [4.69, 9.17) is 9.47 Å². The number of hydrogen-bond acceptors (Lipinski definition) is 4.